The largest absolute Gasteiger partial charge is 0.497 e. The first-order valence-corrected chi connectivity index (χ1v) is 11.2. The van der Waals surface area contributed by atoms with E-state index in [-0.39, 0.29) is 5.91 Å². The molecule has 0 aromatic heterocycles. The van der Waals surface area contributed by atoms with Crippen molar-refractivity contribution in [2.45, 2.75) is 0 Å². The van der Waals surface area contributed by atoms with Gasteiger partial charge in [-0.2, -0.15) is 0 Å². The van der Waals surface area contributed by atoms with Gasteiger partial charge in [0.1, 0.15) is 30.5 Å². The Bertz CT molecular complexity index is 1150. The third-order valence-electron chi connectivity index (χ3n) is 4.63. The molecule has 0 spiro atoms. The van der Waals surface area contributed by atoms with E-state index in [0.29, 0.717) is 28.2 Å². The molecule has 0 atom stereocenters. The van der Waals surface area contributed by atoms with Gasteiger partial charge in [-0.1, -0.05) is 60.4 Å². The SMILES string of the molecule is COc1cccc(OCCOc2cccc(C=C3SC(=S)N(c4ccccc4)C3=O)c2)c1. The lowest BCUT2D eigenvalue weighted by Gasteiger charge is -2.13. The van der Waals surface area contributed by atoms with Gasteiger partial charge in [0, 0.05) is 6.07 Å². The van der Waals surface area contributed by atoms with E-state index < -0.39 is 0 Å². The number of amides is 1. The Labute approximate surface area is 196 Å². The summed E-state index contributed by atoms with van der Waals surface area (Å²) in [6.07, 6.45) is 1.84. The number of anilines is 1. The van der Waals surface area contributed by atoms with E-state index >= 15 is 0 Å². The average molecular weight is 464 g/mol. The lowest BCUT2D eigenvalue weighted by atomic mass is 10.2. The van der Waals surface area contributed by atoms with Gasteiger partial charge in [0.25, 0.3) is 5.91 Å². The quantitative estimate of drug-likeness (QED) is 0.248. The summed E-state index contributed by atoms with van der Waals surface area (Å²) in [7, 11) is 1.62. The number of carbonyl (C=O) groups is 1. The van der Waals surface area contributed by atoms with E-state index in [2.05, 4.69) is 0 Å². The molecule has 3 aromatic carbocycles. The van der Waals surface area contributed by atoms with Crippen LogP contribution in [0, 0.1) is 0 Å². The molecule has 0 saturated carbocycles. The van der Waals surface area contributed by atoms with Crippen LogP contribution in [0.15, 0.2) is 83.8 Å². The second-order valence-electron chi connectivity index (χ2n) is 6.80. The molecule has 5 nitrogen and oxygen atoms in total. The lowest BCUT2D eigenvalue weighted by Crippen LogP contribution is -2.27. The number of hydrogen-bond acceptors (Lipinski definition) is 6. The molecule has 0 aliphatic carbocycles. The van der Waals surface area contributed by atoms with Crippen molar-refractivity contribution in [2.24, 2.45) is 0 Å². The van der Waals surface area contributed by atoms with Gasteiger partial charge in [0.05, 0.1) is 17.7 Å². The van der Waals surface area contributed by atoms with E-state index in [1.807, 2.05) is 84.9 Å². The van der Waals surface area contributed by atoms with Crippen LogP contribution < -0.4 is 19.1 Å². The van der Waals surface area contributed by atoms with Crippen molar-refractivity contribution in [2.75, 3.05) is 25.2 Å². The zero-order valence-electron chi connectivity index (χ0n) is 17.4. The van der Waals surface area contributed by atoms with Crippen molar-refractivity contribution in [3.05, 3.63) is 89.3 Å². The second-order valence-corrected chi connectivity index (χ2v) is 8.48. The number of para-hydroxylation sites is 1. The van der Waals surface area contributed by atoms with Crippen molar-refractivity contribution in [3.63, 3.8) is 0 Å². The smallest absolute Gasteiger partial charge is 0.270 e. The lowest BCUT2D eigenvalue weighted by molar-refractivity contribution is -0.113. The summed E-state index contributed by atoms with van der Waals surface area (Å²) in [6.45, 7) is 0.782. The molecular formula is C25H21NO4S2. The maximum atomic E-state index is 12.9. The maximum absolute atomic E-state index is 12.9. The predicted molar refractivity (Wildman–Crippen MR) is 133 cm³/mol. The highest BCUT2D eigenvalue weighted by Gasteiger charge is 2.33. The molecule has 3 aromatic rings. The van der Waals surface area contributed by atoms with Crippen molar-refractivity contribution in [3.8, 4) is 17.2 Å². The van der Waals surface area contributed by atoms with E-state index in [1.54, 1.807) is 12.0 Å². The molecule has 1 fully saturated rings. The maximum Gasteiger partial charge on any atom is 0.270 e. The van der Waals surface area contributed by atoms with E-state index in [9.17, 15) is 4.79 Å². The summed E-state index contributed by atoms with van der Waals surface area (Å²) in [5, 5.41) is 0. The zero-order chi connectivity index (χ0) is 22.3. The summed E-state index contributed by atoms with van der Waals surface area (Å²) in [5.74, 6) is 2.05. The van der Waals surface area contributed by atoms with Crippen LogP contribution in [0.3, 0.4) is 0 Å². The number of rotatable bonds is 8. The number of benzene rings is 3. The molecule has 0 unspecified atom stereocenters. The summed E-state index contributed by atoms with van der Waals surface area (Å²) in [6, 6.07) is 24.4. The fourth-order valence-electron chi connectivity index (χ4n) is 3.12. The molecule has 0 N–H and O–H groups in total. The van der Waals surface area contributed by atoms with E-state index in [1.165, 1.54) is 11.8 Å². The summed E-state index contributed by atoms with van der Waals surface area (Å²) < 4.78 is 17.2. The van der Waals surface area contributed by atoms with Crippen LogP contribution in [-0.2, 0) is 4.79 Å². The van der Waals surface area contributed by atoms with Gasteiger partial charge >= 0.3 is 0 Å². The molecule has 1 aliphatic heterocycles. The van der Waals surface area contributed by atoms with Crippen molar-refractivity contribution < 1.29 is 19.0 Å². The standard InChI is InChI=1S/C25H21NO4S2/c1-28-20-10-6-12-22(17-20)30-14-13-29-21-11-5-7-18(15-21)16-23-24(27)26(25(31)32-23)19-8-3-2-4-9-19/h2-12,15-17H,13-14H2,1H3. The van der Waals surface area contributed by atoms with Gasteiger partial charge in [-0.05, 0) is 48.0 Å². The van der Waals surface area contributed by atoms with Crippen LogP contribution in [0.25, 0.3) is 6.08 Å². The molecular weight excluding hydrogens is 442 g/mol. The Morgan fingerprint density at radius 3 is 2.25 bits per heavy atom. The van der Waals surface area contributed by atoms with Gasteiger partial charge in [-0.15, -0.1) is 0 Å². The Morgan fingerprint density at radius 2 is 1.53 bits per heavy atom. The fraction of sp³-hybridized carbons (Fsp3) is 0.120. The Balaban J connectivity index is 1.37. The average Bonchev–Trinajstić information content (AvgIpc) is 3.10. The van der Waals surface area contributed by atoms with Crippen molar-refractivity contribution in [1.82, 2.24) is 0 Å². The summed E-state index contributed by atoms with van der Waals surface area (Å²) in [5.41, 5.74) is 1.64. The summed E-state index contributed by atoms with van der Waals surface area (Å²) in [4.78, 5) is 15.0. The van der Waals surface area contributed by atoms with Crippen LogP contribution in [0.2, 0.25) is 0 Å². The van der Waals surface area contributed by atoms with Gasteiger partial charge in [0.15, 0.2) is 4.32 Å². The molecule has 4 rings (SSSR count). The molecule has 162 valence electrons. The number of methoxy groups -OCH3 is 1. The molecule has 1 saturated heterocycles. The molecule has 32 heavy (non-hydrogen) atoms. The van der Waals surface area contributed by atoms with Crippen LogP contribution in [0.5, 0.6) is 17.2 Å². The highest BCUT2D eigenvalue weighted by atomic mass is 32.2. The molecule has 1 aliphatic rings. The first kappa shape index (κ1) is 21.9. The Morgan fingerprint density at radius 1 is 0.875 bits per heavy atom. The number of ether oxygens (including phenoxy) is 3. The topological polar surface area (TPSA) is 48.0 Å². The minimum Gasteiger partial charge on any atom is -0.497 e. The van der Waals surface area contributed by atoms with Crippen LogP contribution in [-0.4, -0.2) is 30.6 Å². The highest BCUT2D eigenvalue weighted by Crippen LogP contribution is 2.36. The van der Waals surface area contributed by atoms with Crippen LogP contribution >= 0.6 is 24.0 Å². The first-order valence-electron chi connectivity index (χ1n) is 9.97. The fourth-order valence-corrected chi connectivity index (χ4v) is 4.42. The number of thioether (sulfide) groups is 1. The Hall–Kier alpha value is -3.29. The Kier molecular flexibility index (Phi) is 7.09. The normalized spacial score (nSPS) is 14.7. The molecule has 0 bridgehead atoms. The highest BCUT2D eigenvalue weighted by molar-refractivity contribution is 8.27. The van der Waals surface area contributed by atoms with Crippen molar-refractivity contribution >= 4 is 46.0 Å². The van der Waals surface area contributed by atoms with Gasteiger partial charge in [-0.25, -0.2) is 0 Å². The third kappa shape index (κ3) is 5.30. The number of carbonyl (C=O) groups excluding carboxylic acids is 1. The van der Waals surface area contributed by atoms with Gasteiger partial charge < -0.3 is 14.2 Å². The second kappa shape index (κ2) is 10.3. The predicted octanol–water partition coefficient (Wildman–Crippen LogP) is 5.56. The third-order valence-corrected chi connectivity index (χ3v) is 5.93. The zero-order valence-corrected chi connectivity index (χ0v) is 19.0. The minimum atomic E-state index is -0.121. The van der Waals surface area contributed by atoms with Crippen LogP contribution in [0.4, 0.5) is 5.69 Å². The molecule has 0 radical (unpaired) electrons. The van der Waals surface area contributed by atoms with Crippen LogP contribution in [0.1, 0.15) is 5.56 Å². The monoisotopic (exact) mass is 463 g/mol. The number of thiocarbonyl (C=S) groups is 1. The van der Waals surface area contributed by atoms with Gasteiger partial charge in [-0.3, -0.25) is 9.69 Å². The molecule has 7 heteroatoms. The molecule has 1 heterocycles. The van der Waals surface area contributed by atoms with Gasteiger partial charge in [0.2, 0.25) is 0 Å². The van der Waals surface area contributed by atoms with Crippen molar-refractivity contribution in [1.29, 1.82) is 0 Å². The first-order chi connectivity index (χ1) is 15.6. The van der Waals surface area contributed by atoms with E-state index in [4.69, 9.17) is 26.4 Å². The number of nitrogens with zero attached hydrogens (tertiary/aromatic N) is 1. The number of hydrogen-bond donors (Lipinski definition) is 0. The summed E-state index contributed by atoms with van der Waals surface area (Å²) >= 11 is 6.72. The van der Waals surface area contributed by atoms with E-state index in [0.717, 1.165) is 22.7 Å². The molecule has 1 amide bonds. The minimum absolute atomic E-state index is 0.121.